The average molecular weight is 225 g/mol. The minimum atomic E-state index is 0.731. The first kappa shape index (κ1) is 12.4. The Morgan fingerprint density at radius 1 is 1.06 bits per heavy atom. The second kappa shape index (κ2) is 6.61. The summed E-state index contributed by atoms with van der Waals surface area (Å²) < 4.78 is 5.46. The van der Waals surface area contributed by atoms with E-state index in [1.165, 1.54) is 51.4 Å². The fraction of sp³-hybridized carbons (Fsp3) is 1.00. The maximum absolute atomic E-state index is 5.46. The number of rotatable bonds is 5. The van der Waals surface area contributed by atoms with E-state index >= 15 is 0 Å². The van der Waals surface area contributed by atoms with Gasteiger partial charge in [0.25, 0.3) is 0 Å². The van der Waals surface area contributed by atoms with Crippen molar-refractivity contribution in [2.24, 2.45) is 11.8 Å². The molecule has 0 radical (unpaired) electrons. The van der Waals surface area contributed by atoms with E-state index in [9.17, 15) is 0 Å². The molecule has 0 spiro atoms. The highest BCUT2D eigenvalue weighted by molar-refractivity contribution is 4.77. The van der Waals surface area contributed by atoms with Gasteiger partial charge in [-0.05, 0) is 38.1 Å². The number of hydrogen-bond donors (Lipinski definition) is 1. The lowest BCUT2D eigenvalue weighted by Gasteiger charge is -2.27. The Labute approximate surface area is 100 Å². The first-order valence-corrected chi connectivity index (χ1v) is 7.13. The zero-order valence-corrected chi connectivity index (χ0v) is 10.7. The second-order valence-electron chi connectivity index (χ2n) is 5.69. The van der Waals surface area contributed by atoms with Crippen molar-refractivity contribution in [3.8, 4) is 0 Å². The van der Waals surface area contributed by atoms with Gasteiger partial charge < -0.3 is 10.1 Å². The first-order valence-electron chi connectivity index (χ1n) is 7.13. The lowest BCUT2D eigenvalue weighted by atomic mass is 9.83. The Bertz CT molecular complexity index is 183. The molecule has 2 fully saturated rings. The molecule has 0 bridgehead atoms. The van der Waals surface area contributed by atoms with E-state index in [2.05, 4.69) is 12.4 Å². The Balaban J connectivity index is 1.70. The third kappa shape index (κ3) is 3.74. The van der Waals surface area contributed by atoms with Gasteiger partial charge in [0.05, 0.1) is 0 Å². The van der Waals surface area contributed by atoms with E-state index in [-0.39, 0.29) is 0 Å². The molecular weight excluding hydrogens is 198 g/mol. The van der Waals surface area contributed by atoms with Crippen molar-refractivity contribution in [2.45, 2.75) is 57.4 Å². The Morgan fingerprint density at radius 3 is 2.44 bits per heavy atom. The molecule has 1 N–H and O–H groups in total. The van der Waals surface area contributed by atoms with Crippen molar-refractivity contribution in [3.05, 3.63) is 0 Å². The highest BCUT2D eigenvalue weighted by Crippen LogP contribution is 2.29. The van der Waals surface area contributed by atoms with E-state index in [0.717, 1.165) is 31.1 Å². The van der Waals surface area contributed by atoms with Crippen LogP contribution >= 0.6 is 0 Å². The summed E-state index contributed by atoms with van der Waals surface area (Å²) in [6, 6.07) is 0.731. The average Bonchev–Trinajstić information content (AvgIpc) is 2.82. The molecule has 94 valence electrons. The van der Waals surface area contributed by atoms with Crippen molar-refractivity contribution in [1.82, 2.24) is 5.32 Å². The van der Waals surface area contributed by atoms with Crippen LogP contribution in [0, 0.1) is 11.8 Å². The van der Waals surface area contributed by atoms with E-state index in [1.807, 2.05) is 0 Å². The highest BCUT2D eigenvalue weighted by Gasteiger charge is 2.23. The van der Waals surface area contributed by atoms with Gasteiger partial charge in [0, 0.05) is 19.3 Å². The molecular formula is C14H27NO. The van der Waals surface area contributed by atoms with Gasteiger partial charge in [-0.1, -0.05) is 32.1 Å². The predicted molar refractivity (Wildman–Crippen MR) is 67.6 cm³/mol. The molecule has 2 atom stereocenters. The van der Waals surface area contributed by atoms with Gasteiger partial charge in [0.1, 0.15) is 0 Å². The summed E-state index contributed by atoms with van der Waals surface area (Å²) in [4.78, 5) is 0. The quantitative estimate of drug-likeness (QED) is 0.776. The van der Waals surface area contributed by atoms with Crippen molar-refractivity contribution in [2.75, 3.05) is 20.3 Å². The van der Waals surface area contributed by atoms with E-state index in [1.54, 1.807) is 0 Å². The van der Waals surface area contributed by atoms with Gasteiger partial charge >= 0.3 is 0 Å². The summed E-state index contributed by atoms with van der Waals surface area (Å²) in [7, 11) is 2.13. The number of nitrogens with one attached hydrogen (secondary N) is 1. The number of hydrogen-bond acceptors (Lipinski definition) is 2. The van der Waals surface area contributed by atoms with Gasteiger partial charge in [-0.3, -0.25) is 0 Å². The van der Waals surface area contributed by atoms with Crippen LogP contribution in [-0.4, -0.2) is 26.3 Å². The topological polar surface area (TPSA) is 21.3 Å². The Hall–Kier alpha value is -0.0800. The smallest absolute Gasteiger partial charge is 0.0495 e. The third-order valence-electron chi connectivity index (χ3n) is 4.39. The van der Waals surface area contributed by atoms with Crippen molar-refractivity contribution in [3.63, 3.8) is 0 Å². The van der Waals surface area contributed by atoms with Crippen LogP contribution in [0.3, 0.4) is 0 Å². The number of ether oxygens (including phenoxy) is 1. The molecule has 0 amide bonds. The minimum absolute atomic E-state index is 0.731. The molecule has 2 rings (SSSR count). The molecule has 2 aliphatic rings. The van der Waals surface area contributed by atoms with E-state index < -0.39 is 0 Å². The molecule has 2 unspecified atom stereocenters. The molecule has 0 aromatic heterocycles. The summed E-state index contributed by atoms with van der Waals surface area (Å²) in [6.45, 7) is 1.99. The largest absolute Gasteiger partial charge is 0.381 e. The maximum atomic E-state index is 5.46. The molecule has 16 heavy (non-hydrogen) atoms. The molecule has 1 saturated heterocycles. The van der Waals surface area contributed by atoms with Crippen LogP contribution in [0.15, 0.2) is 0 Å². The first-order chi connectivity index (χ1) is 7.88. The van der Waals surface area contributed by atoms with Crippen LogP contribution in [0.25, 0.3) is 0 Å². The molecule has 0 aromatic carbocycles. The van der Waals surface area contributed by atoms with Crippen LogP contribution in [0.2, 0.25) is 0 Å². The van der Waals surface area contributed by atoms with E-state index in [4.69, 9.17) is 4.74 Å². The lowest BCUT2D eigenvalue weighted by Crippen LogP contribution is -2.31. The van der Waals surface area contributed by atoms with Gasteiger partial charge in [-0.2, -0.15) is 0 Å². The minimum Gasteiger partial charge on any atom is -0.381 e. The Kier molecular flexibility index (Phi) is 5.11. The summed E-state index contributed by atoms with van der Waals surface area (Å²) >= 11 is 0. The molecule has 1 aliphatic heterocycles. The van der Waals surface area contributed by atoms with Gasteiger partial charge in [-0.15, -0.1) is 0 Å². The summed E-state index contributed by atoms with van der Waals surface area (Å²) in [6.07, 6.45) is 11.3. The highest BCUT2D eigenvalue weighted by atomic mass is 16.5. The van der Waals surface area contributed by atoms with Crippen LogP contribution in [0.5, 0.6) is 0 Å². The van der Waals surface area contributed by atoms with Crippen LogP contribution < -0.4 is 5.32 Å². The molecule has 2 heteroatoms. The summed E-state index contributed by atoms with van der Waals surface area (Å²) in [5.41, 5.74) is 0. The van der Waals surface area contributed by atoms with Gasteiger partial charge in [-0.25, -0.2) is 0 Å². The fourth-order valence-electron chi connectivity index (χ4n) is 3.33. The van der Waals surface area contributed by atoms with Crippen molar-refractivity contribution in [1.29, 1.82) is 0 Å². The zero-order valence-electron chi connectivity index (χ0n) is 10.7. The molecule has 1 saturated carbocycles. The summed E-state index contributed by atoms with van der Waals surface area (Å²) in [5.74, 6) is 1.81. The zero-order chi connectivity index (χ0) is 11.2. The standard InChI is InChI=1S/C14H27NO/c1-15-14(10-13-7-8-16-11-13)9-12-5-3-2-4-6-12/h12-15H,2-11H2,1H3. The lowest BCUT2D eigenvalue weighted by molar-refractivity contribution is 0.179. The van der Waals surface area contributed by atoms with Gasteiger partial charge in [0.2, 0.25) is 0 Å². The SMILES string of the molecule is CNC(CC1CCCCC1)CC1CCOC1. The van der Waals surface area contributed by atoms with Crippen LogP contribution in [0.4, 0.5) is 0 Å². The van der Waals surface area contributed by atoms with Crippen LogP contribution in [-0.2, 0) is 4.74 Å². The normalized spacial score (nSPS) is 29.4. The van der Waals surface area contributed by atoms with Gasteiger partial charge in [0.15, 0.2) is 0 Å². The molecule has 1 aliphatic carbocycles. The van der Waals surface area contributed by atoms with Crippen LogP contribution in [0.1, 0.15) is 51.4 Å². The molecule has 1 heterocycles. The Morgan fingerprint density at radius 2 is 1.81 bits per heavy atom. The van der Waals surface area contributed by atoms with E-state index in [0.29, 0.717) is 0 Å². The molecule has 2 nitrogen and oxygen atoms in total. The molecule has 0 aromatic rings. The predicted octanol–water partition coefficient (Wildman–Crippen LogP) is 2.97. The van der Waals surface area contributed by atoms with Crippen molar-refractivity contribution >= 4 is 0 Å². The maximum Gasteiger partial charge on any atom is 0.0495 e. The monoisotopic (exact) mass is 225 g/mol. The third-order valence-corrected chi connectivity index (χ3v) is 4.39. The fourth-order valence-corrected chi connectivity index (χ4v) is 3.33. The van der Waals surface area contributed by atoms with Crippen molar-refractivity contribution < 1.29 is 4.74 Å². The second-order valence-corrected chi connectivity index (χ2v) is 5.69. The summed E-state index contributed by atoms with van der Waals surface area (Å²) in [5, 5.41) is 3.52.